The largest absolute Gasteiger partial charge is 0.369 e. The van der Waals surface area contributed by atoms with E-state index < -0.39 is 0 Å². The van der Waals surface area contributed by atoms with Gasteiger partial charge in [0.05, 0.1) is 0 Å². The number of primary amides is 1. The summed E-state index contributed by atoms with van der Waals surface area (Å²) in [6, 6.07) is 0. The zero-order valence-electron chi connectivity index (χ0n) is 8.75. The minimum absolute atomic E-state index is 0.0931. The molecule has 2 unspecified atom stereocenters. The fourth-order valence-electron chi connectivity index (χ4n) is 2.28. The smallest absolute Gasteiger partial charge is 0.220 e. The molecule has 2 heteroatoms. The molecule has 0 saturated heterocycles. The van der Waals surface area contributed by atoms with E-state index in [4.69, 9.17) is 5.73 Å². The highest BCUT2D eigenvalue weighted by Gasteiger charge is 2.23. The SMILES string of the molecule is CC(C)C1CCCC(C(N)=O)CC1. The molecular formula is C11H21NO. The van der Waals surface area contributed by atoms with Gasteiger partial charge in [0.1, 0.15) is 0 Å². The van der Waals surface area contributed by atoms with Crippen molar-refractivity contribution < 1.29 is 4.79 Å². The third-order valence-electron chi connectivity index (χ3n) is 3.36. The molecule has 0 spiro atoms. The van der Waals surface area contributed by atoms with Gasteiger partial charge in [-0.2, -0.15) is 0 Å². The van der Waals surface area contributed by atoms with Crippen molar-refractivity contribution in [2.75, 3.05) is 0 Å². The Hall–Kier alpha value is -0.530. The predicted molar refractivity (Wildman–Crippen MR) is 54.1 cm³/mol. The van der Waals surface area contributed by atoms with E-state index in [0.717, 1.165) is 24.7 Å². The molecule has 0 aliphatic heterocycles. The number of amides is 1. The summed E-state index contributed by atoms with van der Waals surface area (Å²) in [6.45, 7) is 4.55. The number of carbonyl (C=O) groups excluding carboxylic acids is 1. The maximum absolute atomic E-state index is 11.0. The Kier molecular flexibility index (Phi) is 3.76. The van der Waals surface area contributed by atoms with E-state index in [1.165, 1.54) is 19.3 Å². The van der Waals surface area contributed by atoms with E-state index in [0.29, 0.717) is 0 Å². The molecule has 1 amide bonds. The number of nitrogens with two attached hydrogens (primary N) is 1. The molecule has 0 bridgehead atoms. The molecule has 13 heavy (non-hydrogen) atoms. The van der Waals surface area contributed by atoms with E-state index in [1.54, 1.807) is 0 Å². The summed E-state index contributed by atoms with van der Waals surface area (Å²) in [4.78, 5) is 11.0. The van der Waals surface area contributed by atoms with Crippen LogP contribution < -0.4 is 5.73 Å². The van der Waals surface area contributed by atoms with Crippen LogP contribution in [0.5, 0.6) is 0 Å². The van der Waals surface area contributed by atoms with Crippen LogP contribution in [0.4, 0.5) is 0 Å². The third kappa shape index (κ3) is 3.02. The highest BCUT2D eigenvalue weighted by molar-refractivity contribution is 5.76. The molecule has 0 aromatic carbocycles. The lowest BCUT2D eigenvalue weighted by Crippen LogP contribution is -2.22. The quantitative estimate of drug-likeness (QED) is 0.656. The van der Waals surface area contributed by atoms with Crippen molar-refractivity contribution in [2.24, 2.45) is 23.5 Å². The van der Waals surface area contributed by atoms with Crippen molar-refractivity contribution in [3.63, 3.8) is 0 Å². The van der Waals surface area contributed by atoms with Gasteiger partial charge in [0.2, 0.25) is 5.91 Å². The Morgan fingerprint density at radius 2 is 1.92 bits per heavy atom. The Morgan fingerprint density at radius 1 is 1.23 bits per heavy atom. The first-order chi connectivity index (χ1) is 6.11. The van der Waals surface area contributed by atoms with E-state index in [-0.39, 0.29) is 11.8 Å². The molecule has 2 N–H and O–H groups in total. The summed E-state index contributed by atoms with van der Waals surface area (Å²) in [7, 11) is 0. The van der Waals surface area contributed by atoms with Crippen molar-refractivity contribution in [3.8, 4) is 0 Å². The average molecular weight is 183 g/mol. The van der Waals surface area contributed by atoms with Crippen LogP contribution in [0, 0.1) is 17.8 Å². The molecule has 1 rings (SSSR count). The molecule has 1 aliphatic rings. The first kappa shape index (κ1) is 10.6. The standard InChI is InChI=1S/C11H21NO/c1-8(2)9-4-3-5-10(7-6-9)11(12)13/h8-10H,3-7H2,1-2H3,(H2,12,13). The molecule has 1 aliphatic carbocycles. The molecule has 2 nitrogen and oxygen atoms in total. The van der Waals surface area contributed by atoms with E-state index in [9.17, 15) is 4.79 Å². The monoisotopic (exact) mass is 183 g/mol. The fraction of sp³-hybridized carbons (Fsp3) is 0.909. The van der Waals surface area contributed by atoms with Crippen LogP contribution in [0.2, 0.25) is 0 Å². The third-order valence-corrected chi connectivity index (χ3v) is 3.36. The van der Waals surface area contributed by atoms with Crippen molar-refractivity contribution in [3.05, 3.63) is 0 Å². The molecule has 0 aromatic rings. The Bertz CT molecular complexity index is 177. The van der Waals surface area contributed by atoms with Gasteiger partial charge in [-0.25, -0.2) is 0 Å². The van der Waals surface area contributed by atoms with E-state index in [2.05, 4.69) is 13.8 Å². The van der Waals surface area contributed by atoms with Crippen LogP contribution in [0.25, 0.3) is 0 Å². The van der Waals surface area contributed by atoms with Gasteiger partial charge < -0.3 is 5.73 Å². The van der Waals surface area contributed by atoms with Crippen LogP contribution >= 0.6 is 0 Å². The first-order valence-electron chi connectivity index (χ1n) is 5.40. The van der Waals surface area contributed by atoms with Crippen LogP contribution in [0.1, 0.15) is 46.0 Å². The van der Waals surface area contributed by atoms with Crippen LogP contribution in [0.15, 0.2) is 0 Å². The van der Waals surface area contributed by atoms with Gasteiger partial charge >= 0.3 is 0 Å². The zero-order valence-corrected chi connectivity index (χ0v) is 8.75. The normalized spacial score (nSPS) is 30.1. The maximum Gasteiger partial charge on any atom is 0.220 e. The molecule has 2 atom stereocenters. The molecule has 76 valence electrons. The van der Waals surface area contributed by atoms with Crippen molar-refractivity contribution >= 4 is 5.91 Å². The lowest BCUT2D eigenvalue weighted by atomic mass is 9.88. The Labute approximate surface area is 80.9 Å². The Morgan fingerprint density at radius 3 is 2.46 bits per heavy atom. The van der Waals surface area contributed by atoms with Gasteiger partial charge in [-0.3, -0.25) is 4.79 Å². The Balaban J connectivity index is 2.44. The first-order valence-corrected chi connectivity index (χ1v) is 5.40. The minimum atomic E-state index is -0.0931. The average Bonchev–Trinajstić information content (AvgIpc) is 2.27. The van der Waals surface area contributed by atoms with E-state index >= 15 is 0 Å². The predicted octanol–water partition coefficient (Wildman–Crippen LogP) is 2.32. The van der Waals surface area contributed by atoms with Gasteiger partial charge in [-0.15, -0.1) is 0 Å². The van der Waals surface area contributed by atoms with Crippen molar-refractivity contribution in [1.29, 1.82) is 0 Å². The van der Waals surface area contributed by atoms with Gasteiger partial charge in [-0.05, 0) is 31.1 Å². The van der Waals surface area contributed by atoms with Gasteiger partial charge in [0.15, 0.2) is 0 Å². The van der Waals surface area contributed by atoms with Crippen LogP contribution in [0.3, 0.4) is 0 Å². The summed E-state index contributed by atoms with van der Waals surface area (Å²) < 4.78 is 0. The molecular weight excluding hydrogens is 162 g/mol. The summed E-state index contributed by atoms with van der Waals surface area (Å²) in [6.07, 6.45) is 5.67. The molecule has 0 radical (unpaired) electrons. The molecule has 1 fully saturated rings. The van der Waals surface area contributed by atoms with Gasteiger partial charge in [-0.1, -0.05) is 26.7 Å². The molecule has 1 saturated carbocycles. The second-order valence-corrected chi connectivity index (χ2v) is 4.61. The van der Waals surface area contributed by atoms with Crippen LogP contribution in [-0.2, 0) is 4.79 Å². The molecule has 0 heterocycles. The summed E-state index contributed by atoms with van der Waals surface area (Å²) in [5, 5.41) is 0. The number of hydrogen-bond acceptors (Lipinski definition) is 1. The maximum atomic E-state index is 11.0. The lowest BCUT2D eigenvalue weighted by Gasteiger charge is -2.17. The second-order valence-electron chi connectivity index (χ2n) is 4.61. The second kappa shape index (κ2) is 4.64. The van der Waals surface area contributed by atoms with E-state index in [1.807, 2.05) is 0 Å². The fourth-order valence-corrected chi connectivity index (χ4v) is 2.28. The highest BCUT2D eigenvalue weighted by atomic mass is 16.1. The van der Waals surface area contributed by atoms with Crippen molar-refractivity contribution in [2.45, 2.75) is 46.0 Å². The number of carbonyl (C=O) groups is 1. The molecule has 0 aromatic heterocycles. The minimum Gasteiger partial charge on any atom is -0.369 e. The van der Waals surface area contributed by atoms with Gasteiger partial charge in [0, 0.05) is 5.92 Å². The zero-order chi connectivity index (χ0) is 9.84. The summed E-state index contributed by atoms with van der Waals surface area (Å²) in [5.74, 6) is 1.63. The highest BCUT2D eigenvalue weighted by Crippen LogP contribution is 2.31. The van der Waals surface area contributed by atoms with Gasteiger partial charge in [0.25, 0.3) is 0 Å². The van der Waals surface area contributed by atoms with Crippen LogP contribution in [-0.4, -0.2) is 5.91 Å². The lowest BCUT2D eigenvalue weighted by molar-refractivity contribution is -0.122. The number of hydrogen-bond donors (Lipinski definition) is 1. The topological polar surface area (TPSA) is 43.1 Å². The summed E-state index contributed by atoms with van der Waals surface area (Å²) in [5.41, 5.74) is 5.32. The van der Waals surface area contributed by atoms with Crippen molar-refractivity contribution in [1.82, 2.24) is 0 Å². The number of rotatable bonds is 2. The summed E-state index contributed by atoms with van der Waals surface area (Å²) >= 11 is 0.